The summed E-state index contributed by atoms with van der Waals surface area (Å²) in [6.45, 7) is 3.28. The quantitative estimate of drug-likeness (QED) is 0.708. The Morgan fingerprint density at radius 3 is 2.55 bits per heavy atom. The van der Waals surface area contributed by atoms with E-state index >= 15 is 0 Å². The number of carbonyl (C=O) groups is 3. The SMILES string of the molecule is Cc1cc(NC(=O)C(=O)NCC2CCN(C(=O)COc3ccccc3)CC2)no1. The Bertz CT molecular complexity index is 844. The van der Waals surface area contributed by atoms with Gasteiger partial charge in [0.25, 0.3) is 5.91 Å². The summed E-state index contributed by atoms with van der Waals surface area (Å²) in [6.07, 6.45) is 1.50. The van der Waals surface area contributed by atoms with Crippen LogP contribution in [0.15, 0.2) is 40.9 Å². The normalized spacial score (nSPS) is 14.3. The molecule has 1 aliphatic rings. The van der Waals surface area contributed by atoms with Crippen molar-refractivity contribution in [3.63, 3.8) is 0 Å². The molecule has 1 fully saturated rings. The van der Waals surface area contributed by atoms with Gasteiger partial charge >= 0.3 is 11.8 Å². The fourth-order valence-corrected chi connectivity index (χ4v) is 3.06. The molecule has 29 heavy (non-hydrogen) atoms. The van der Waals surface area contributed by atoms with E-state index in [4.69, 9.17) is 9.26 Å². The van der Waals surface area contributed by atoms with Crippen LogP contribution in [0.3, 0.4) is 0 Å². The van der Waals surface area contributed by atoms with Gasteiger partial charge in [-0.1, -0.05) is 23.4 Å². The summed E-state index contributed by atoms with van der Waals surface area (Å²) in [5.41, 5.74) is 0. The van der Waals surface area contributed by atoms with Gasteiger partial charge < -0.3 is 19.5 Å². The molecule has 3 rings (SSSR count). The molecule has 2 N–H and O–H groups in total. The molecular weight excluding hydrogens is 376 g/mol. The van der Waals surface area contributed by atoms with Crippen LogP contribution in [0, 0.1) is 12.8 Å². The first-order valence-electron chi connectivity index (χ1n) is 9.49. The van der Waals surface area contributed by atoms with Crippen LogP contribution >= 0.6 is 0 Å². The van der Waals surface area contributed by atoms with E-state index in [1.54, 1.807) is 11.8 Å². The minimum absolute atomic E-state index is 0.00705. The van der Waals surface area contributed by atoms with Crippen molar-refractivity contribution in [2.24, 2.45) is 5.92 Å². The highest BCUT2D eigenvalue weighted by molar-refractivity contribution is 6.39. The highest BCUT2D eigenvalue weighted by atomic mass is 16.5. The summed E-state index contributed by atoms with van der Waals surface area (Å²) in [7, 11) is 0. The molecule has 1 aliphatic heterocycles. The second-order valence-electron chi connectivity index (χ2n) is 6.91. The van der Waals surface area contributed by atoms with E-state index < -0.39 is 11.8 Å². The first kappa shape index (κ1) is 20.4. The number of aromatic nitrogens is 1. The molecule has 0 bridgehead atoms. The summed E-state index contributed by atoms with van der Waals surface area (Å²) in [4.78, 5) is 37.8. The van der Waals surface area contributed by atoms with Gasteiger partial charge in [-0.15, -0.1) is 0 Å². The zero-order valence-electron chi connectivity index (χ0n) is 16.2. The molecule has 0 unspecified atom stereocenters. The lowest BCUT2D eigenvalue weighted by molar-refractivity contribution is -0.136. The van der Waals surface area contributed by atoms with Gasteiger partial charge in [0.15, 0.2) is 12.4 Å². The number of amides is 3. The smallest absolute Gasteiger partial charge is 0.314 e. The zero-order chi connectivity index (χ0) is 20.6. The number of benzene rings is 1. The number of anilines is 1. The van der Waals surface area contributed by atoms with E-state index in [-0.39, 0.29) is 24.2 Å². The Labute approximate surface area is 168 Å². The van der Waals surface area contributed by atoms with Gasteiger partial charge in [0.05, 0.1) is 0 Å². The predicted molar refractivity (Wildman–Crippen MR) is 104 cm³/mol. The number of ether oxygens (including phenoxy) is 1. The highest BCUT2D eigenvalue weighted by Gasteiger charge is 2.24. The van der Waals surface area contributed by atoms with E-state index in [1.807, 2.05) is 30.3 Å². The largest absolute Gasteiger partial charge is 0.484 e. The molecule has 0 saturated carbocycles. The maximum Gasteiger partial charge on any atom is 0.314 e. The average Bonchev–Trinajstić information content (AvgIpc) is 3.15. The molecular formula is C20H24N4O5. The fraction of sp³-hybridized carbons (Fsp3) is 0.400. The minimum Gasteiger partial charge on any atom is -0.484 e. The minimum atomic E-state index is -0.788. The lowest BCUT2D eigenvalue weighted by atomic mass is 9.97. The molecule has 1 aromatic heterocycles. The summed E-state index contributed by atoms with van der Waals surface area (Å²) >= 11 is 0. The van der Waals surface area contributed by atoms with Crippen LogP contribution < -0.4 is 15.4 Å². The zero-order valence-corrected chi connectivity index (χ0v) is 16.2. The van der Waals surface area contributed by atoms with E-state index in [9.17, 15) is 14.4 Å². The Morgan fingerprint density at radius 2 is 1.90 bits per heavy atom. The first-order valence-corrected chi connectivity index (χ1v) is 9.49. The molecule has 1 saturated heterocycles. The molecule has 0 spiro atoms. The Balaban J connectivity index is 1.34. The van der Waals surface area contributed by atoms with Gasteiger partial charge in [-0.05, 0) is 37.8 Å². The molecule has 0 atom stereocenters. The summed E-state index contributed by atoms with van der Waals surface area (Å²) < 4.78 is 10.3. The van der Waals surface area contributed by atoms with Crippen molar-refractivity contribution in [3.05, 3.63) is 42.2 Å². The van der Waals surface area contributed by atoms with Gasteiger partial charge in [-0.25, -0.2) is 0 Å². The maximum absolute atomic E-state index is 12.3. The van der Waals surface area contributed by atoms with E-state index in [1.165, 1.54) is 6.07 Å². The molecule has 2 heterocycles. The number of nitrogens with zero attached hydrogens (tertiary/aromatic N) is 2. The van der Waals surface area contributed by atoms with Crippen molar-refractivity contribution < 1.29 is 23.6 Å². The van der Waals surface area contributed by atoms with E-state index in [0.717, 1.165) is 12.8 Å². The van der Waals surface area contributed by atoms with Crippen molar-refractivity contribution in [3.8, 4) is 5.75 Å². The van der Waals surface area contributed by atoms with E-state index in [0.29, 0.717) is 31.1 Å². The predicted octanol–water partition coefficient (Wildman–Crippen LogP) is 1.36. The van der Waals surface area contributed by atoms with Crippen LogP contribution in [-0.4, -0.2) is 54.0 Å². The molecule has 9 nitrogen and oxygen atoms in total. The number of aryl methyl sites for hydroxylation is 1. The van der Waals surface area contributed by atoms with Crippen molar-refractivity contribution in [2.45, 2.75) is 19.8 Å². The molecule has 0 radical (unpaired) electrons. The third-order valence-electron chi connectivity index (χ3n) is 4.70. The van der Waals surface area contributed by atoms with Crippen LogP contribution in [0.4, 0.5) is 5.82 Å². The Hall–Kier alpha value is -3.36. The number of hydrogen-bond donors (Lipinski definition) is 2. The number of para-hydroxylation sites is 1. The second-order valence-corrected chi connectivity index (χ2v) is 6.91. The third-order valence-corrected chi connectivity index (χ3v) is 4.70. The van der Waals surface area contributed by atoms with Crippen LogP contribution in [0.25, 0.3) is 0 Å². The number of carbonyl (C=O) groups excluding carboxylic acids is 3. The van der Waals surface area contributed by atoms with Crippen LogP contribution in [0.5, 0.6) is 5.75 Å². The summed E-state index contributed by atoms with van der Waals surface area (Å²) in [5, 5.41) is 8.62. The molecule has 9 heteroatoms. The first-order chi connectivity index (χ1) is 14.0. The Kier molecular flexibility index (Phi) is 6.83. The van der Waals surface area contributed by atoms with Crippen molar-refractivity contribution in [1.29, 1.82) is 0 Å². The van der Waals surface area contributed by atoms with Gasteiger partial charge in [0.2, 0.25) is 0 Å². The summed E-state index contributed by atoms with van der Waals surface area (Å²) in [6, 6.07) is 10.7. The molecule has 2 aromatic rings. The molecule has 0 aliphatic carbocycles. The fourth-order valence-electron chi connectivity index (χ4n) is 3.06. The third kappa shape index (κ3) is 6.06. The van der Waals surface area contributed by atoms with Gasteiger partial charge in [-0.2, -0.15) is 0 Å². The molecule has 154 valence electrons. The number of rotatable bonds is 6. The van der Waals surface area contributed by atoms with Crippen LogP contribution in [0.2, 0.25) is 0 Å². The number of likely N-dealkylation sites (tertiary alicyclic amines) is 1. The lowest BCUT2D eigenvalue weighted by Crippen LogP contribution is -2.44. The van der Waals surface area contributed by atoms with E-state index in [2.05, 4.69) is 15.8 Å². The number of nitrogens with one attached hydrogen (secondary N) is 2. The second kappa shape index (κ2) is 9.72. The Morgan fingerprint density at radius 1 is 1.17 bits per heavy atom. The monoisotopic (exact) mass is 400 g/mol. The maximum atomic E-state index is 12.3. The molecule has 3 amide bonds. The van der Waals surface area contributed by atoms with Crippen LogP contribution in [-0.2, 0) is 14.4 Å². The van der Waals surface area contributed by atoms with Gasteiger partial charge in [0.1, 0.15) is 11.5 Å². The standard InChI is InChI=1S/C20H24N4O5/c1-14-11-17(23-29-14)22-20(27)19(26)21-12-15-7-9-24(10-8-15)18(25)13-28-16-5-3-2-4-6-16/h2-6,11,15H,7-10,12-13H2,1H3,(H,21,26)(H,22,23,27). The number of piperidine rings is 1. The number of hydrogen-bond acceptors (Lipinski definition) is 6. The molecule has 1 aromatic carbocycles. The van der Waals surface area contributed by atoms with Gasteiger partial charge in [-0.3, -0.25) is 19.7 Å². The van der Waals surface area contributed by atoms with Crippen molar-refractivity contribution >= 4 is 23.5 Å². The van der Waals surface area contributed by atoms with Gasteiger partial charge in [0, 0.05) is 25.7 Å². The van der Waals surface area contributed by atoms with Crippen molar-refractivity contribution in [1.82, 2.24) is 15.4 Å². The van der Waals surface area contributed by atoms with Crippen molar-refractivity contribution in [2.75, 3.05) is 31.6 Å². The topological polar surface area (TPSA) is 114 Å². The van der Waals surface area contributed by atoms with Crippen LogP contribution in [0.1, 0.15) is 18.6 Å². The average molecular weight is 400 g/mol. The summed E-state index contributed by atoms with van der Waals surface area (Å²) in [5.74, 6) is 0.0454. The highest BCUT2D eigenvalue weighted by Crippen LogP contribution is 2.17. The lowest BCUT2D eigenvalue weighted by Gasteiger charge is -2.32.